The third-order valence-electron chi connectivity index (χ3n) is 6.45. The number of aromatic hydroxyl groups is 1. The van der Waals surface area contributed by atoms with Gasteiger partial charge in [0.15, 0.2) is 16.3 Å². The monoisotopic (exact) mass is 530 g/mol. The molecule has 0 unspecified atom stereocenters. The molecule has 0 saturated heterocycles. The Balaban J connectivity index is 1.80. The molecule has 0 spiro atoms. The van der Waals surface area contributed by atoms with Crippen molar-refractivity contribution in [2.24, 2.45) is 4.99 Å². The van der Waals surface area contributed by atoms with Crippen molar-refractivity contribution in [1.82, 2.24) is 4.57 Å². The van der Waals surface area contributed by atoms with E-state index in [4.69, 9.17) is 14.2 Å². The normalized spacial score (nSPS) is 15.3. The second-order valence-corrected chi connectivity index (χ2v) is 9.65. The highest BCUT2D eigenvalue weighted by Gasteiger charge is 2.34. The molecule has 0 radical (unpaired) electrons. The first-order valence-electron chi connectivity index (χ1n) is 12.0. The average molecular weight is 531 g/mol. The summed E-state index contributed by atoms with van der Waals surface area (Å²) in [6.45, 7) is 3.69. The minimum atomic E-state index is -0.752. The number of carbonyl (C=O) groups excluding carboxylic acids is 1. The first kappa shape index (κ1) is 25.3. The van der Waals surface area contributed by atoms with Gasteiger partial charge in [0.2, 0.25) is 0 Å². The van der Waals surface area contributed by atoms with Crippen LogP contribution in [0.25, 0.3) is 16.8 Å². The van der Waals surface area contributed by atoms with E-state index < -0.39 is 12.0 Å². The molecule has 0 bridgehead atoms. The number of rotatable bonds is 6. The lowest BCUT2D eigenvalue weighted by atomic mass is 9.91. The number of carbonyl (C=O) groups is 1. The number of benzene rings is 3. The van der Waals surface area contributed by atoms with Gasteiger partial charge in [-0.05, 0) is 54.6 Å². The number of esters is 1. The fourth-order valence-corrected chi connectivity index (χ4v) is 5.78. The second-order valence-electron chi connectivity index (χ2n) is 8.64. The lowest BCUT2D eigenvalue weighted by Gasteiger charge is -2.26. The smallest absolute Gasteiger partial charge is 0.338 e. The van der Waals surface area contributed by atoms with E-state index in [1.165, 1.54) is 24.5 Å². The van der Waals surface area contributed by atoms with Crippen molar-refractivity contribution in [2.75, 3.05) is 20.8 Å². The van der Waals surface area contributed by atoms with Crippen molar-refractivity contribution in [3.8, 4) is 17.2 Å². The van der Waals surface area contributed by atoms with E-state index >= 15 is 0 Å². The minimum Gasteiger partial charge on any atom is -0.504 e. The van der Waals surface area contributed by atoms with Gasteiger partial charge >= 0.3 is 5.97 Å². The van der Waals surface area contributed by atoms with E-state index in [0.717, 1.165) is 16.3 Å². The number of methoxy groups -OCH3 is 2. The van der Waals surface area contributed by atoms with E-state index in [1.54, 1.807) is 43.7 Å². The van der Waals surface area contributed by atoms with E-state index in [-0.39, 0.29) is 17.9 Å². The predicted molar refractivity (Wildman–Crippen MR) is 146 cm³/mol. The Kier molecular flexibility index (Phi) is 6.77. The molecule has 194 valence electrons. The summed E-state index contributed by atoms with van der Waals surface area (Å²) in [4.78, 5) is 32.3. The molecular formula is C29H26N2O6S. The van der Waals surface area contributed by atoms with Crippen molar-refractivity contribution < 1.29 is 24.1 Å². The van der Waals surface area contributed by atoms with E-state index in [2.05, 4.69) is 4.99 Å². The lowest BCUT2D eigenvalue weighted by Crippen LogP contribution is -2.40. The summed E-state index contributed by atoms with van der Waals surface area (Å²) in [6, 6.07) is 15.5. The highest BCUT2D eigenvalue weighted by molar-refractivity contribution is 7.07. The van der Waals surface area contributed by atoms with Crippen molar-refractivity contribution in [1.29, 1.82) is 0 Å². The molecule has 0 saturated carbocycles. The highest BCUT2D eigenvalue weighted by atomic mass is 32.1. The topological polar surface area (TPSA) is 99.4 Å². The van der Waals surface area contributed by atoms with Crippen LogP contribution in [0.1, 0.15) is 31.0 Å². The first-order valence-corrected chi connectivity index (χ1v) is 12.8. The van der Waals surface area contributed by atoms with Crippen molar-refractivity contribution in [3.63, 3.8) is 0 Å². The SMILES string of the molecule is CCOC(=O)C1=C(C)N=c2sc(=Cc3ccc(O)c(OC)c3)c(=O)n2[C@H]1c1ccc(OC)c2ccccc12. The van der Waals surface area contributed by atoms with Crippen molar-refractivity contribution in [2.45, 2.75) is 19.9 Å². The highest BCUT2D eigenvalue weighted by Crippen LogP contribution is 2.38. The van der Waals surface area contributed by atoms with E-state index in [0.29, 0.717) is 37.7 Å². The molecule has 5 rings (SSSR count). The van der Waals surface area contributed by atoms with E-state index in [1.807, 2.05) is 36.4 Å². The fraction of sp³-hybridized carbons (Fsp3) is 0.207. The Morgan fingerprint density at radius 3 is 2.53 bits per heavy atom. The van der Waals surface area contributed by atoms with Crippen LogP contribution in [-0.4, -0.2) is 36.5 Å². The number of phenols is 1. The molecule has 1 atom stereocenters. The molecule has 1 aliphatic heterocycles. The van der Waals surface area contributed by atoms with Gasteiger partial charge in [0.1, 0.15) is 5.75 Å². The van der Waals surface area contributed by atoms with Gasteiger partial charge < -0.3 is 19.3 Å². The maximum absolute atomic E-state index is 13.9. The summed E-state index contributed by atoms with van der Waals surface area (Å²) in [7, 11) is 3.07. The van der Waals surface area contributed by atoms with Gasteiger partial charge in [-0.15, -0.1) is 0 Å². The molecule has 0 aliphatic carbocycles. The van der Waals surface area contributed by atoms with Crippen LogP contribution in [0.15, 0.2) is 75.7 Å². The fourth-order valence-electron chi connectivity index (χ4n) is 4.73. The van der Waals surface area contributed by atoms with Gasteiger partial charge in [0.25, 0.3) is 5.56 Å². The van der Waals surface area contributed by atoms with Crippen LogP contribution in [0.4, 0.5) is 0 Å². The maximum Gasteiger partial charge on any atom is 0.338 e. The van der Waals surface area contributed by atoms with Crippen molar-refractivity contribution >= 4 is 34.2 Å². The number of hydrogen-bond acceptors (Lipinski definition) is 8. The Labute approximate surface area is 222 Å². The number of nitrogens with zero attached hydrogens (tertiary/aromatic N) is 2. The number of phenolic OH excluding ortho intramolecular Hbond substituents is 1. The quantitative estimate of drug-likeness (QED) is 0.382. The van der Waals surface area contributed by atoms with Gasteiger partial charge in [0.05, 0.1) is 42.7 Å². The number of aromatic nitrogens is 1. The molecule has 1 aliphatic rings. The van der Waals surface area contributed by atoms with Crippen LogP contribution in [0.3, 0.4) is 0 Å². The summed E-state index contributed by atoms with van der Waals surface area (Å²) >= 11 is 1.23. The number of ether oxygens (including phenoxy) is 3. The summed E-state index contributed by atoms with van der Waals surface area (Å²) in [5, 5.41) is 11.7. The van der Waals surface area contributed by atoms with Gasteiger partial charge in [-0.3, -0.25) is 9.36 Å². The Hall–Kier alpha value is -4.37. The van der Waals surface area contributed by atoms with Gasteiger partial charge in [-0.2, -0.15) is 0 Å². The second kappa shape index (κ2) is 10.2. The van der Waals surface area contributed by atoms with Gasteiger partial charge in [-0.1, -0.05) is 47.7 Å². The molecule has 0 amide bonds. The zero-order valence-electron chi connectivity index (χ0n) is 21.3. The van der Waals surface area contributed by atoms with Crippen LogP contribution >= 0.6 is 11.3 Å². The number of hydrogen-bond donors (Lipinski definition) is 1. The van der Waals surface area contributed by atoms with E-state index in [9.17, 15) is 14.7 Å². The summed E-state index contributed by atoms with van der Waals surface area (Å²) in [6.07, 6.45) is 1.72. The molecule has 0 fully saturated rings. The molecule has 1 aromatic heterocycles. The molecule has 38 heavy (non-hydrogen) atoms. The lowest BCUT2D eigenvalue weighted by molar-refractivity contribution is -0.139. The summed E-state index contributed by atoms with van der Waals surface area (Å²) in [5.41, 5.74) is 1.95. The Morgan fingerprint density at radius 2 is 1.82 bits per heavy atom. The summed E-state index contributed by atoms with van der Waals surface area (Å²) < 4.78 is 18.2. The number of thiazole rings is 1. The summed E-state index contributed by atoms with van der Waals surface area (Å²) in [5.74, 6) is 0.481. The standard InChI is InChI=1S/C29H26N2O6S/c1-5-37-28(34)25-16(2)30-29-31(26(25)20-11-13-22(35-3)19-9-7-6-8-18(19)20)27(33)24(38-29)15-17-10-12-21(32)23(14-17)36-4/h6-15,26,32H,5H2,1-4H3/t26-/m0/s1. The molecule has 2 heterocycles. The van der Waals surface area contributed by atoms with Gasteiger partial charge in [0, 0.05) is 5.39 Å². The van der Waals surface area contributed by atoms with Crippen LogP contribution < -0.4 is 24.4 Å². The zero-order chi connectivity index (χ0) is 27.0. The van der Waals surface area contributed by atoms with Crippen LogP contribution in [0, 0.1) is 0 Å². The van der Waals surface area contributed by atoms with Gasteiger partial charge in [-0.25, -0.2) is 9.79 Å². The maximum atomic E-state index is 13.9. The number of fused-ring (bicyclic) bond motifs is 2. The Bertz CT molecular complexity index is 1780. The predicted octanol–water partition coefficient (Wildman–Crippen LogP) is 3.67. The van der Waals surface area contributed by atoms with Crippen molar-refractivity contribution in [3.05, 3.63) is 96.7 Å². The van der Waals surface area contributed by atoms with Crippen LogP contribution in [0.2, 0.25) is 0 Å². The molecule has 1 N–H and O–H groups in total. The first-order chi connectivity index (χ1) is 18.4. The average Bonchev–Trinajstić information content (AvgIpc) is 3.22. The van der Waals surface area contributed by atoms with Crippen LogP contribution in [-0.2, 0) is 9.53 Å². The molecular weight excluding hydrogens is 504 g/mol. The molecule has 4 aromatic rings. The Morgan fingerprint density at radius 1 is 1.08 bits per heavy atom. The molecule has 8 nitrogen and oxygen atoms in total. The molecule has 3 aromatic carbocycles. The number of allylic oxidation sites excluding steroid dienone is 1. The zero-order valence-corrected chi connectivity index (χ0v) is 22.2. The third-order valence-corrected chi connectivity index (χ3v) is 7.43. The van der Waals surface area contributed by atoms with Crippen LogP contribution in [0.5, 0.6) is 17.2 Å². The largest absolute Gasteiger partial charge is 0.504 e. The molecule has 9 heteroatoms. The third kappa shape index (κ3) is 4.24. The minimum absolute atomic E-state index is 0.00666.